The fourth-order valence-electron chi connectivity index (χ4n) is 1.39. The first kappa shape index (κ1) is 10.4. The van der Waals surface area contributed by atoms with E-state index in [-0.39, 0.29) is 5.91 Å². The van der Waals surface area contributed by atoms with Gasteiger partial charge in [0.05, 0.1) is 6.20 Å². The average Bonchev–Trinajstić information content (AvgIpc) is 2.82. The van der Waals surface area contributed by atoms with E-state index in [9.17, 15) is 4.79 Å². The van der Waals surface area contributed by atoms with Crippen molar-refractivity contribution in [1.29, 1.82) is 0 Å². The number of H-pyrrole nitrogens is 1. The van der Waals surface area contributed by atoms with Crippen molar-refractivity contribution in [1.82, 2.24) is 20.1 Å². The van der Waals surface area contributed by atoms with Gasteiger partial charge in [0, 0.05) is 31.5 Å². The Morgan fingerprint density at radius 3 is 3.00 bits per heavy atom. The monoisotopic (exact) mass is 216 g/mol. The van der Waals surface area contributed by atoms with Crippen molar-refractivity contribution in [2.75, 3.05) is 7.05 Å². The third-order valence-electron chi connectivity index (χ3n) is 2.21. The summed E-state index contributed by atoms with van der Waals surface area (Å²) in [6.07, 6.45) is 5.07. The summed E-state index contributed by atoms with van der Waals surface area (Å²) in [5.41, 5.74) is 1.42. The largest absolute Gasteiger partial charge is 0.336 e. The lowest BCUT2D eigenvalue weighted by atomic mass is 10.3. The summed E-state index contributed by atoms with van der Waals surface area (Å²) in [5, 5.41) is 6.54. The fraction of sp³-hybridized carbons (Fsp3) is 0.182. The molecule has 0 radical (unpaired) electrons. The van der Waals surface area contributed by atoms with Crippen LogP contribution in [-0.2, 0) is 6.54 Å². The summed E-state index contributed by atoms with van der Waals surface area (Å²) in [6.45, 7) is 0.520. The predicted octanol–water partition coefficient (Wildman–Crippen LogP) is 1.08. The molecule has 0 saturated carbocycles. The molecule has 0 saturated heterocycles. The Balaban J connectivity index is 2.05. The highest BCUT2D eigenvalue weighted by Crippen LogP contribution is 2.04. The van der Waals surface area contributed by atoms with Crippen molar-refractivity contribution >= 4 is 5.91 Å². The maximum Gasteiger partial charge on any atom is 0.272 e. The number of carbonyl (C=O) groups is 1. The second-order valence-electron chi connectivity index (χ2n) is 3.48. The second-order valence-corrected chi connectivity index (χ2v) is 3.48. The molecule has 1 amide bonds. The van der Waals surface area contributed by atoms with Gasteiger partial charge in [-0.05, 0) is 12.1 Å². The van der Waals surface area contributed by atoms with Gasteiger partial charge < -0.3 is 4.90 Å². The number of nitrogens with zero attached hydrogens (tertiary/aromatic N) is 3. The van der Waals surface area contributed by atoms with E-state index in [0.717, 1.165) is 5.56 Å². The van der Waals surface area contributed by atoms with E-state index in [1.54, 1.807) is 48.7 Å². The van der Waals surface area contributed by atoms with Crippen LogP contribution in [0.15, 0.2) is 36.8 Å². The number of carbonyl (C=O) groups excluding carboxylic acids is 1. The molecule has 0 aromatic carbocycles. The van der Waals surface area contributed by atoms with Gasteiger partial charge in [0.1, 0.15) is 5.69 Å². The molecule has 0 unspecified atom stereocenters. The Kier molecular flexibility index (Phi) is 2.95. The van der Waals surface area contributed by atoms with E-state index < -0.39 is 0 Å². The number of hydrogen-bond acceptors (Lipinski definition) is 3. The van der Waals surface area contributed by atoms with Gasteiger partial charge in [-0.15, -0.1) is 0 Å². The minimum absolute atomic E-state index is 0.0956. The van der Waals surface area contributed by atoms with Crippen LogP contribution in [0.2, 0.25) is 0 Å². The Bertz CT molecular complexity index is 452. The van der Waals surface area contributed by atoms with Crippen LogP contribution < -0.4 is 0 Å². The molecule has 0 bridgehead atoms. The molecule has 1 N–H and O–H groups in total. The minimum Gasteiger partial charge on any atom is -0.336 e. The van der Waals surface area contributed by atoms with Gasteiger partial charge in [0.2, 0.25) is 0 Å². The standard InChI is InChI=1S/C11H12N4O/c1-15(8-9-6-13-14-7-9)11(16)10-4-2-3-5-12-10/h2-7H,8H2,1H3,(H,13,14). The highest BCUT2D eigenvalue weighted by atomic mass is 16.2. The maximum atomic E-state index is 11.9. The fourth-order valence-corrected chi connectivity index (χ4v) is 1.39. The topological polar surface area (TPSA) is 61.9 Å². The highest BCUT2D eigenvalue weighted by Gasteiger charge is 2.12. The van der Waals surface area contributed by atoms with Gasteiger partial charge in [-0.2, -0.15) is 5.10 Å². The molecule has 0 atom stereocenters. The van der Waals surface area contributed by atoms with Crippen molar-refractivity contribution in [2.24, 2.45) is 0 Å². The van der Waals surface area contributed by atoms with Crippen molar-refractivity contribution in [3.05, 3.63) is 48.0 Å². The van der Waals surface area contributed by atoms with E-state index in [4.69, 9.17) is 0 Å². The van der Waals surface area contributed by atoms with Crippen molar-refractivity contribution in [3.63, 3.8) is 0 Å². The molecular formula is C11H12N4O. The molecule has 0 aliphatic carbocycles. The highest BCUT2D eigenvalue weighted by molar-refractivity contribution is 5.91. The number of aromatic amines is 1. The van der Waals surface area contributed by atoms with Gasteiger partial charge in [0.15, 0.2) is 0 Å². The number of aromatic nitrogens is 3. The van der Waals surface area contributed by atoms with Gasteiger partial charge in [-0.3, -0.25) is 14.9 Å². The molecule has 0 fully saturated rings. The number of nitrogens with one attached hydrogen (secondary N) is 1. The third-order valence-corrected chi connectivity index (χ3v) is 2.21. The Hall–Kier alpha value is -2.17. The van der Waals surface area contributed by atoms with Gasteiger partial charge in [-0.25, -0.2) is 0 Å². The number of rotatable bonds is 3. The zero-order valence-corrected chi connectivity index (χ0v) is 8.92. The molecule has 2 heterocycles. The minimum atomic E-state index is -0.0956. The number of pyridine rings is 1. The Morgan fingerprint density at radius 1 is 1.50 bits per heavy atom. The zero-order chi connectivity index (χ0) is 11.4. The lowest BCUT2D eigenvalue weighted by Gasteiger charge is -2.15. The lowest BCUT2D eigenvalue weighted by molar-refractivity contribution is 0.0779. The summed E-state index contributed by atoms with van der Waals surface area (Å²) in [7, 11) is 1.74. The zero-order valence-electron chi connectivity index (χ0n) is 8.92. The molecule has 0 aliphatic rings. The van der Waals surface area contributed by atoms with Crippen LogP contribution in [0.3, 0.4) is 0 Å². The van der Waals surface area contributed by atoms with Gasteiger partial charge in [-0.1, -0.05) is 6.07 Å². The van der Waals surface area contributed by atoms with Crippen LogP contribution in [0.25, 0.3) is 0 Å². The summed E-state index contributed by atoms with van der Waals surface area (Å²) in [4.78, 5) is 17.5. The van der Waals surface area contributed by atoms with Crippen LogP contribution in [0.4, 0.5) is 0 Å². The molecular weight excluding hydrogens is 204 g/mol. The van der Waals surface area contributed by atoms with E-state index in [2.05, 4.69) is 15.2 Å². The SMILES string of the molecule is CN(Cc1cn[nH]c1)C(=O)c1ccccn1. The molecule has 2 aromatic heterocycles. The van der Waals surface area contributed by atoms with Crippen LogP contribution in [-0.4, -0.2) is 33.0 Å². The van der Waals surface area contributed by atoms with E-state index in [1.165, 1.54) is 0 Å². The molecule has 0 spiro atoms. The lowest BCUT2D eigenvalue weighted by Crippen LogP contribution is -2.26. The first-order chi connectivity index (χ1) is 7.77. The molecule has 16 heavy (non-hydrogen) atoms. The van der Waals surface area contributed by atoms with Crippen molar-refractivity contribution in [3.8, 4) is 0 Å². The van der Waals surface area contributed by atoms with E-state index >= 15 is 0 Å². The Labute approximate surface area is 93.1 Å². The van der Waals surface area contributed by atoms with Crippen molar-refractivity contribution in [2.45, 2.75) is 6.54 Å². The summed E-state index contributed by atoms with van der Waals surface area (Å²) < 4.78 is 0. The Morgan fingerprint density at radius 2 is 2.38 bits per heavy atom. The smallest absolute Gasteiger partial charge is 0.272 e. The predicted molar refractivity (Wildman–Crippen MR) is 58.6 cm³/mol. The van der Waals surface area contributed by atoms with Crippen LogP contribution >= 0.6 is 0 Å². The quantitative estimate of drug-likeness (QED) is 0.835. The molecule has 2 aromatic rings. The van der Waals surface area contributed by atoms with E-state index in [0.29, 0.717) is 12.2 Å². The second kappa shape index (κ2) is 4.57. The third kappa shape index (κ3) is 2.25. The first-order valence-corrected chi connectivity index (χ1v) is 4.91. The van der Waals surface area contributed by atoms with Crippen LogP contribution in [0, 0.1) is 0 Å². The van der Waals surface area contributed by atoms with Crippen LogP contribution in [0.5, 0.6) is 0 Å². The van der Waals surface area contributed by atoms with Gasteiger partial charge >= 0.3 is 0 Å². The number of amides is 1. The molecule has 5 heteroatoms. The summed E-state index contributed by atoms with van der Waals surface area (Å²) in [5.74, 6) is -0.0956. The summed E-state index contributed by atoms with van der Waals surface area (Å²) in [6, 6.07) is 5.28. The normalized spacial score (nSPS) is 10.1. The maximum absolute atomic E-state index is 11.9. The first-order valence-electron chi connectivity index (χ1n) is 4.91. The molecule has 82 valence electrons. The molecule has 5 nitrogen and oxygen atoms in total. The van der Waals surface area contributed by atoms with E-state index in [1.807, 2.05) is 0 Å². The molecule has 2 rings (SSSR count). The van der Waals surface area contributed by atoms with Crippen molar-refractivity contribution < 1.29 is 4.79 Å². The summed E-state index contributed by atoms with van der Waals surface area (Å²) >= 11 is 0. The molecule has 0 aliphatic heterocycles. The van der Waals surface area contributed by atoms with Crippen LogP contribution in [0.1, 0.15) is 16.1 Å². The average molecular weight is 216 g/mol. The number of hydrogen-bond donors (Lipinski definition) is 1. The van der Waals surface area contributed by atoms with Gasteiger partial charge in [0.25, 0.3) is 5.91 Å².